The second-order valence-electron chi connectivity index (χ2n) is 3.14. The summed E-state index contributed by atoms with van der Waals surface area (Å²) in [7, 11) is 1.56. The van der Waals surface area contributed by atoms with E-state index < -0.39 is 0 Å². The van der Waals surface area contributed by atoms with Crippen LogP contribution in [0.5, 0.6) is 0 Å². The molecule has 0 aliphatic heterocycles. The quantitative estimate of drug-likeness (QED) is 0.643. The van der Waals surface area contributed by atoms with Crippen LogP contribution in [0, 0.1) is 0 Å². The van der Waals surface area contributed by atoms with Crippen LogP contribution < -0.4 is 5.06 Å². The number of hydroxylamine groups is 1. The number of fused-ring (bicyclic) bond motifs is 1. The molecule has 0 radical (unpaired) electrons. The minimum Gasteiger partial charge on any atom is -0.359 e. The molecule has 0 atom stereocenters. The Kier molecular flexibility index (Phi) is 1.77. The molecule has 0 spiro atoms. The van der Waals surface area contributed by atoms with Gasteiger partial charge in [-0.05, 0) is 19.3 Å². The average Bonchev–Trinajstić information content (AvgIpc) is 2.47. The van der Waals surface area contributed by atoms with Crippen molar-refractivity contribution in [2.75, 3.05) is 12.1 Å². The topological polar surface area (TPSA) is 49.5 Å². The number of aryl methyl sites for hydroxylation is 1. The molecule has 0 unspecified atom stereocenters. The number of rotatable bonds is 1. The van der Waals surface area contributed by atoms with Gasteiger partial charge in [0, 0.05) is 19.0 Å². The fourth-order valence-corrected chi connectivity index (χ4v) is 1.62. The van der Waals surface area contributed by atoms with Gasteiger partial charge in [-0.3, -0.25) is 5.21 Å². The van der Waals surface area contributed by atoms with Crippen LogP contribution in [0.25, 0.3) is 0 Å². The van der Waals surface area contributed by atoms with E-state index in [0.717, 1.165) is 42.1 Å². The number of hydrogen-bond donors (Lipinski definition) is 1. The summed E-state index contributed by atoms with van der Waals surface area (Å²) in [5, 5.41) is 14.0. The zero-order valence-corrected chi connectivity index (χ0v) is 7.08. The number of hydrogen-bond acceptors (Lipinski definition) is 4. The molecule has 0 bridgehead atoms. The summed E-state index contributed by atoms with van der Waals surface area (Å²) in [6.07, 6.45) is 4.25. The van der Waals surface area contributed by atoms with Gasteiger partial charge in [0.25, 0.3) is 0 Å². The second kappa shape index (κ2) is 2.79. The van der Waals surface area contributed by atoms with Gasteiger partial charge in [0.15, 0.2) is 5.82 Å². The predicted octanol–water partition coefficient (Wildman–Crippen LogP) is 1.38. The molecule has 1 aliphatic carbocycles. The predicted molar refractivity (Wildman–Crippen MR) is 43.3 cm³/mol. The summed E-state index contributed by atoms with van der Waals surface area (Å²) in [6, 6.07) is 0. The van der Waals surface area contributed by atoms with Gasteiger partial charge >= 0.3 is 0 Å². The van der Waals surface area contributed by atoms with Crippen molar-refractivity contribution < 1.29 is 9.73 Å². The van der Waals surface area contributed by atoms with E-state index in [-0.39, 0.29) is 0 Å². The van der Waals surface area contributed by atoms with E-state index in [4.69, 9.17) is 4.52 Å². The highest BCUT2D eigenvalue weighted by molar-refractivity contribution is 5.45. The molecule has 0 aromatic carbocycles. The first-order valence-corrected chi connectivity index (χ1v) is 4.19. The Balaban J connectivity index is 2.38. The molecule has 0 saturated carbocycles. The molecular formula is C8H12N2O2. The zero-order valence-electron chi connectivity index (χ0n) is 7.08. The van der Waals surface area contributed by atoms with Crippen LogP contribution in [0.3, 0.4) is 0 Å². The third-order valence-electron chi connectivity index (χ3n) is 2.24. The monoisotopic (exact) mass is 168 g/mol. The maximum atomic E-state index is 9.18. The molecule has 1 N–H and O–H groups in total. The Hall–Kier alpha value is -1.03. The summed E-state index contributed by atoms with van der Waals surface area (Å²) < 4.78 is 5.10. The third kappa shape index (κ3) is 1.08. The minimum absolute atomic E-state index is 0.574. The zero-order chi connectivity index (χ0) is 8.55. The molecule has 1 aliphatic rings. The van der Waals surface area contributed by atoms with Gasteiger partial charge in [-0.15, -0.1) is 0 Å². The summed E-state index contributed by atoms with van der Waals surface area (Å²) in [6.45, 7) is 0. The Morgan fingerprint density at radius 2 is 2.17 bits per heavy atom. The molecule has 66 valence electrons. The van der Waals surface area contributed by atoms with Crippen molar-refractivity contribution in [2.24, 2.45) is 0 Å². The molecular weight excluding hydrogens is 156 g/mol. The summed E-state index contributed by atoms with van der Waals surface area (Å²) >= 11 is 0. The van der Waals surface area contributed by atoms with E-state index in [1.165, 1.54) is 0 Å². The Morgan fingerprint density at radius 3 is 2.92 bits per heavy atom. The molecule has 0 amide bonds. The number of aromatic nitrogens is 1. The molecule has 1 aromatic heterocycles. The fraction of sp³-hybridized carbons (Fsp3) is 0.625. The first kappa shape index (κ1) is 7.61. The first-order valence-electron chi connectivity index (χ1n) is 4.19. The van der Waals surface area contributed by atoms with Crippen LogP contribution >= 0.6 is 0 Å². The highest BCUT2D eigenvalue weighted by Crippen LogP contribution is 2.28. The summed E-state index contributed by atoms with van der Waals surface area (Å²) in [5.41, 5.74) is 1.08. The van der Waals surface area contributed by atoms with Crippen molar-refractivity contribution >= 4 is 5.82 Å². The van der Waals surface area contributed by atoms with Gasteiger partial charge in [-0.1, -0.05) is 5.16 Å². The van der Waals surface area contributed by atoms with Crippen molar-refractivity contribution in [1.29, 1.82) is 0 Å². The van der Waals surface area contributed by atoms with Gasteiger partial charge in [-0.25, -0.2) is 5.06 Å². The SMILES string of the molecule is CN(O)c1noc2c1CCCC2. The highest BCUT2D eigenvalue weighted by atomic mass is 16.5. The van der Waals surface area contributed by atoms with Gasteiger partial charge in [0.1, 0.15) is 5.76 Å². The van der Waals surface area contributed by atoms with E-state index in [9.17, 15) is 5.21 Å². The van der Waals surface area contributed by atoms with Crippen LogP contribution in [0.2, 0.25) is 0 Å². The first-order chi connectivity index (χ1) is 5.79. The summed E-state index contributed by atoms with van der Waals surface area (Å²) in [5.74, 6) is 1.52. The maximum Gasteiger partial charge on any atom is 0.198 e. The van der Waals surface area contributed by atoms with E-state index in [0.29, 0.717) is 5.82 Å². The lowest BCUT2D eigenvalue weighted by molar-refractivity contribution is 0.268. The highest BCUT2D eigenvalue weighted by Gasteiger charge is 2.20. The molecule has 2 rings (SSSR count). The van der Waals surface area contributed by atoms with Gasteiger partial charge in [0.05, 0.1) is 0 Å². The van der Waals surface area contributed by atoms with Gasteiger partial charge in [-0.2, -0.15) is 0 Å². The van der Waals surface area contributed by atoms with Crippen molar-refractivity contribution in [2.45, 2.75) is 25.7 Å². The minimum atomic E-state index is 0.574. The fourth-order valence-electron chi connectivity index (χ4n) is 1.62. The van der Waals surface area contributed by atoms with Crippen LogP contribution in [0.15, 0.2) is 4.52 Å². The van der Waals surface area contributed by atoms with Crippen LogP contribution in [-0.4, -0.2) is 17.4 Å². The normalized spacial score (nSPS) is 15.8. The third-order valence-corrected chi connectivity index (χ3v) is 2.24. The number of nitrogens with zero attached hydrogens (tertiary/aromatic N) is 2. The van der Waals surface area contributed by atoms with E-state index in [2.05, 4.69) is 5.16 Å². The van der Waals surface area contributed by atoms with Crippen molar-refractivity contribution in [3.8, 4) is 0 Å². The lowest BCUT2D eigenvalue weighted by Gasteiger charge is -2.11. The van der Waals surface area contributed by atoms with Gasteiger partial charge in [0.2, 0.25) is 0 Å². The Labute approximate surface area is 70.7 Å². The lowest BCUT2D eigenvalue weighted by atomic mass is 9.98. The molecule has 0 saturated heterocycles. The van der Waals surface area contributed by atoms with E-state index >= 15 is 0 Å². The van der Waals surface area contributed by atoms with E-state index in [1.807, 2.05) is 0 Å². The number of anilines is 1. The molecule has 1 heterocycles. The Morgan fingerprint density at radius 1 is 1.42 bits per heavy atom. The standard InChI is InChI=1S/C8H12N2O2/c1-10(11)8-6-4-2-3-5-7(6)12-9-8/h11H,2-5H2,1H3. The maximum absolute atomic E-state index is 9.18. The second-order valence-corrected chi connectivity index (χ2v) is 3.14. The Bertz CT molecular complexity index is 281. The largest absolute Gasteiger partial charge is 0.359 e. The van der Waals surface area contributed by atoms with Crippen LogP contribution in [0.4, 0.5) is 5.82 Å². The van der Waals surface area contributed by atoms with Crippen LogP contribution in [0.1, 0.15) is 24.2 Å². The van der Waals surface area contributed by atoms with Crippen LogP contribution in [-0.2, 0) is 12.8 Å². The van der Waals surface area contributed by atoms with Crippen molar-refractivity contribution in [3.05, 3.63) is 11.3 Å². The lowest BCUT2D eigenvalue weighted by Crippen LogP contribution is -2.13. The average molecular weight is 168 g/mol. The van der Waals surface area contributed by atoms with Gasteiger partial charge < -0.3 is 4.52 Å². The van der Waals surface area contributed by atoms with Crippen molar-refractivity contribution in [1.82, 2.24) is 5.16 Å². The molecule has 4 heteroatoms. The summed E-state index contributed by atoms with van der Waals surface area (Å²) in [4.78, 5) is 0. The van der Waals surface area contributed by atoms with E-state index in [1.54, 1.807) is 7.05 Å². The molecule has 4 nitrogen and oxygen atoms in total. The smallest absolute Gasteiger partial charge is 0.198 e. The van der Waals surface area contributed by atoms with Crippen molar-refractivity contribution in [3.63, 3.8) is 0 Å². The molecule has 12 heavy (non-hydrogen) atoms. The molecule has 0 fully saturated rings. The molecule has 1 aromatic rings.